The van der Waals surface area contributed by atoms with Crippen LogP contribution in [0.2, 0.25) is 0 Å². The maximum absolute atomic E-state index is 10.9. The fraction of sp³-hybridized carbons (Fsp3) is 0.364. The second-order valence-electron chi connectivity index (χ2n) is 3.22. The first-order chi connectivity index (χ1) is 8.13. The lowest BCUT2D eigenvalue weighted by molar-refractivity contribution is -0.150. The summed E-state index contributed by atoms with van der Waals surface area (Å²) < 4.78 is 9.04. The van der Waals surface area contributed by atoms with Gasteiger partial charge in [0.05, 0.1) is 13.2 Å². The maximum atomic E-state index is 10.9. The van der Waals surface area contributed by atoms with Crippen LogP contribution in [-0.4, -0.2) is 49.0 Å². The number of nitrogens with zero attached hydrogens (tertiary/aromatic N) is 1. The van der Waals surface area contributed by atoms with E-state index in [4.69, 9.17) is 4.74 Å². The molecule has 92 valence electrons. The zero-order valence-electron chi connectivity index (χ0n) is 9.26. The van der Waals surface area contributed by atoms with Crippen LogP contribution in [0.25, 0.3) is 0 Å². The van der Waals surface area contributed by atoms with Crippen molar-refractivity contribution in [3.8, 4) is 0 Å². The van der Waals surface area contributed by atoms with Gasteiger partial charge in [0.1, 0.15) is 0 Å². The van der Waals surface area contributed by atoms with Crippen LogP contribution in [0.1, 0.15) is 0 Å². The smallest absolute Gasteiger partial charge is 0.338 e. The van der Waals surface area contributed by atoms with Gasteiger partial charge in [-0.1, -0.05) is 6.58 Å². The number of morpholine rings is 1. The summed E-state index contributed by atoms with van der Waals surface area (Å²) in [5.74, 6) is -1.15. The van der Waals surface area contributed by atoms with Crippen molar-refractivity contribution in [2.24, 2.45) is 0 Å². The Hall–Kier alpha value is -1.95. The van der Waals surface area contributed by atoms with Gasteiger partial charge in [0.15, 0.2) is 0 Å². The fourth-order valence-electron chi connectivity index (χ4n) is 1.22. The predicted molar refractivity (Wildman–Crippen MR) is 57.8 cm³/mol. The van der Waals surface area contributed by atoms with Gasteiger partial charge in [0.25, 0.3) is 0 Å². The van der Waals surface area contributed by atoms with Crippen LogP contribution < -0.4 is 0 Å². The number of hydrogen-bond acceptors (Lipinski definition) is 5. The first-order valence-electron chi connectivity index (χ1n) is 5.06. The molecule has 2 heterocycles. The number of carbonyl (C=O) groups excluding carboxylic acids is 3. The molecule has 0 spiro atoms. The molecule has 1 amide bonds. The van der Waals surface area contributed by atoms with Gasteiger partial charge in [-0.25, -0.2) is 9.59 Å². The first-order valence-corrected chi connectivity index (χ1v) is 5.06. The van der Waals surface area contributed by atoms with Crippen LogP contribution in [0.4, 0.5) is 0 Å². The molecule has 6 heteroatoms. The van der Waals surface area contributed by atoms with Crippen molar-refractivity contribution in [3.63, 3.8) is 0 Å². The minimum atomic E-state index is -0.579. The molecule has 0 unspecified atom stereocenters. The van der Waals surface area contributed by atoms with E-state index in [1.54, 1.807) is 4.90 Å². The summed E-state index contributed by atoms with van der Waals surface area (Å²) >= 11 is 0. The molecule has 0 atom stereocenters. The third-order valence-corrected chi connectivity index (χ3v) is 2.05. The Balaban J connectivity index is 0.000000181. The van der Waals surface area contributed by atoms with E-state index in [9.17, 15) is 14.4 Å². The molecule has 2 rings (SSSR count). The Morgan fingerprint density at radius 2 is 1.76 bits per heavy atom. The molecule has 0 radical (unpaired) electrons. The quantitative estimate of drug-likeness (QED) is 0.355. The molecule has 0 bridgehead atoms. The number of esters is 2. The lowest BCUT2D eigenvalue weighted by Crippen LogP contribution is -2.39. The van der Waals surface area contributed by atoms with Crippen LogP contribution in [0.5, 0.6) is 0 Å². The summed E-state index contributed by atoms with van der Waals surface area (Å²) in [5.41, 5.74) is 0. The van der Waals surface area contributed by atoms with Crippen LogP contribution in [-0.2, 0) is 23.9 Å². The molecule has 0 aromatic rings. The van der Waals surface area contributed by atoms with Gasteiger partial charge in [-0.3, -0.25) is 4.79 Å². The fourth-order valence-corrected chi connectivity index (χ4v) is 1.22. The van der Waals surface area contributed by atoms with E-state index in [-0.39, 0.29) is 5.91 Å². The predicted octanol–water partition coefficient (Wildman–Crippen LogP) is -0.343. The first kappa shape index (κ1) is 13.1. The Bertz CT molecular complexity index is 339. The third kappa shape index (κ3) is 4.60. The lowest BCUT2D eigenvalue weighted by Gasteiger charge is -2.25. The summed E-state index contributed by atoms with van der Waals surface area (Å²) in [6, 6.07) is 0. The van der Waals surface area contributed by atoms with E-state index >= 15 is 0 Å². The Morgan fingerprint density at radius 3 is 2.12 bits per heavy atom. The van der Waals surface area contributed by atoms with Crippen molar-refractivity contribution in [1.82, 2.24) is 4.90 Å². The molecule has 17 heavy (non-hydrogen) atoms. The molecule has 0 N–H and O–H groups in total. The molecule has 1 fully saturated rings. The number of carbonyl (C=O) groups is 3. The summed E-state index contributed by atoms with van der Waals surface area (Å²) in [4.78, 5) is 32.5. The molecule has 2 aliphatic heterocycles. The normalized spacial score (nSPS) is 18.2. The molecule has 0 aromatic carbocycles. The second-order valence-corrected chi connectivity index (χ2v) is 3.22. The van der Waals surface area contributed by atoms with Gasteiger partial charge < -0.3 is 14.4 Å². The molecular formula is C11H13NO5. The van der Waals surface area contributed by atoms with E-state index in [0.29, 0.717) is 26.3 Å². The summed E-state index contributed by atoms with van der Waals surface area (Å²) in [5, 5.41) is 0. The summed E-state index contributed by atoms with van der Waals surface area (Å²) in [6.45, 7) is 6.11. The Morgan fingerprint density at radius 1 is 1.24 bits per heavy atom. The molecule has 1 saturated heterocycles. The second kappa shape index (κ2) is 6.59. The monoisotopic (exact) mass is 239 g/mol. The van der Waals surface area contributed by atoms with E-state index in [1.807, 2.05) is 0 Å². The number of ether oxygens (including phenoxy) is 2. The van der Waals surface area contributed by atoms with Gasteiger partial charge in [-0.05, 0) is 6.08 Å². The van der Waals surface area contributed by atoms with Crippen molar-refractivity contribution in [2.75, 3.05) is 26.3 Å². The highest BCUT2D eigenvalue weighted by atomic mass is 16.6. The zero-order chi connectivity index (χ0) is 12.7. The van der Waals surface area contributed by atoms with Crippen molar-refractivity contribution >= 4 is 17.8 Å². The number of cyclic esters (lactones) is 2. The van der Waals surface area contributed by atoms with E-state index in [0.717, 1.165) is 12.2 Å². The zero-order valence-corrected chi connectivity index (χ0v) is 9.26. The van der Waals surface area contributed by atoms with E-state index in [2.05, 4.69) is 11.3 Å². The van der Waals surface area contributed by atoms with Crippen molar-refractivity contribution in [1.29, 1.82) is 0 Å². The van der Waals surface area contributed by atoms with Gasteiger partial charge in [0.2, 0.25) is 5.91 Å². The van der Waals surface area contributed by atoms with Gasteiger partial charge in [-0.15, -0.1) is 0 Å². The van der Waals surface area contributed by atoms with Crippen LogP contribution >= 0.6 is 0 Å². The summed E-state index contributed by atoms with van der Waals surface area (Å²) in [6.07, 6.45) is 3.51. The Labute approximate surface area is 98.5 Å². The van der Waals surface area contributed by atoms with Crippen LogP contribution in [0.15, 0.2) is 24.8 Å². The largest absolute Gasteiger partial charge is 0.387 e. The molecule has 0 saturated carbocycles. The van der Waals surface area contributed by atoms with E-state index < -0.39 is 11.9 Å². The maximum Gasteiger partial charge on any atom is 0.338 e. The highest BCUT2D eigenvalue weighted by Gasteiger charge is 2.12. The van der Waals surface area contributed by atoms with Gasteiger partial charge in [-0.2, -0.15) is 0 Å². The minimum Gasteiger partial charge on any atom is -0.387 e. The number of hydrogen-bond donors (Lipinski definition) is 0. The summed E-state index contributed by atoms with van der Waals surface area (Å²) in [7, 11) is 0. The molecular weight excluding hydrogens is 226 g/mol. The number of amides is 1. The minimum absolute atomic E-state index is 0.00306. The average Bonchev–Trinajstić information content (AvgIpc) is 2.74. The topological polar surface area (TPSA) is 72.9 Å². The Kier molecular flexibility index (Phi) is 5.09. The van der Waals surface area contributed by atoms with Crippen LogP contribution in [0, 0.1) is 0 Å². The number of rotatable bonds is 1. The SMILES string of the molecule is C=CC(=O)N1CCOCC1.O=C1C=CC(=O)O1. The molecule has 0 aromatic heterocycles. The lowest BCUT2D eigenvalue weighted by atomic mass is 10.4. The molecule has 2 aliphatic rings. The third-order valence-electron chi connectivity index (χ3n) is 2.05. The highest BCUT2D eigenvalue weighted by Crippen LogP contribution is 1.96. The average molecular weight is 239 g/mol. The van der Waals surface area contributed by atoms with Crippen molar-refractivity contribution in [3.05, 3.63) is 24.8 Å². The van der Waals surface area contributed by atoms with Crippen molar-refractivity contribution in [2.45, 2.75) is 0 Å². The highest BCUT2D eigenvalue weighted by molar-refractivity contribution is 6.04. The molecule has 6 nitrogen and oxygen atoms in total. The van der Waals surface area contributed by atoms with E-state index in [1.165, 1.54) is 6.08 Å². The standard InChI is InChI=1S/C7H11NO2.C4H2O3/c1-2-7(9)8-3-5-10-6-4-8;5-3-1-2-4(6)7-3/h2H,1,3-6H2;1-2H. The van der Waals surface area contributed by atoms with Crippen molar-refractivity contribution < 1.29 is 23.9 Å². The van der Waals surface area contributed by atoms with Gasteiger partial charge >= 0.3 is 11.9 Å². The van der Waals surface area contributed by atoms with Gasteiger partial charge in [0, 0.05) is 25.2 Å². The van der Waals surface area contributed by atoms with Crippen LogP contribution in [0.3, 0.4) is 0 Å². The molecule has 0 aliphatic carbocycles.